The van der Waals surface area contributed by atoms with Gasteiger partial charge in [-0.3, -0.25) is 0 Å². The fourth-order valence-corrected chi connectivity index (χ4v) is 2.62. The molecule has 21 heavy (non-hydrogen) atoms. The van der Waals surface area contributed by atoms with E-state index in [0.717, 1.165) is 27.6 Å². The van der Waals surface area contributed by atoms with Crippen molar-refractivity contribution in [2.75, 3.05) is 0 Å². The number of para-hydroxylation sites is 1. The molecule has 2 heterocycles. The maximum atomic E-state index is 5.86. The van der Waals surface area contributed by atoms with Gasteiger partial charge in [0.2, 0.25) is 11.9 Å². The zero-order chi connectivity index (χ0) is 14.4. The van der Waals surface area contributed by atoms with Gasteiger partial charge in [0.1, 0.15) is 11.2 Å². The second-order valence-corrected chi connectivity index (χ2v) is 5.55. The monoisotopic (exact) mass is 276 g/mol. The highest BCUT2D eigenvalue weighted by molar-refractivity contribution is 6.05. The first-order chi connectivity index (χ1) is 10.2. The van der Waals surface area contributed by atoms with Gasteiger partial charge in [-0.1, -0.05) is 27.4 Å². The molecule has 0 saturated heterocycles. The molecule has 3 aromatic rings. The number of hydrogen-bond acceptors (Lipinski definition) is 1. The van der Waals surface area contributed by atoms with Crippen LogP contribution in [0.25, 0.3) is 21.9 Å². The lowest BCUT2D eigenvalue weighted by molar-refractivity contribution is -0.491. The summed E-state index contributed by atoms with van der Waals surface area (Å²) >= 11 is 0. The normalized spacial score (nSPS) is 14.2. The lowest BCUT2D eigenvalue weighted by Crippen LogP contribution is -2.11. The van der Waals surface area contributed by atoms with Crippen molar-refractivity contribution in [2.24, 2.45) is 0 Å². The van der Waals surface area contributed by atoms with Crippen LogP contribution < -0.4 is 0 Å². The molecule has 102 valence electrons. The minimum Gasteiger partial charge on any atom is -0.456 e. The minimum absolute atomic E-state index is 0.407. The summed E-state index contributed by atoms with van der Waals surface area (Å²) in [7, 11) is 0. The van der Waals surface area contributed by atoms with E-state index in [2.05, 4.69) is 42.6 Å². The van der Waals surface area contributed by atoms with E-state index in [9.17, 15) is 0 Å². The summed E-state index contributed by atoms with van der Waals surface area (Å²) in [5, 5.41) is 2.29. The second kappa shape index (κ2) is 4.44. The molecular formula is C18H16N2O+2. The van der Waals surface area contributed by atoms with Crippen LogP contribution in [-0.2, 0) is 0 Å². The molecule has 0 saturated carbocycles. The molecule has 1 aromatic heterocycles. The van der Waals surface area contributed by atoms with Gasteiger partial charge in [0.15, 0.2) is 6.04 Å². The predicted molar refractivity (Wildman–Crippen MR) is 83.2 cm³/mol. The Kier molecular flexibility index (Phi) is 2.56. The topological polar surface area (TPSA) is 19.2 Å². The summed E-state index contributed by atoms with van der Waals surface area (Å²) in [5.41, 5.74) is 2.94. The van der Waals surface area contributed by atoms with Gasteiger partial charge in [0.05, 0.1) is 0 Å². The van der Waals surface area contributed by atoms with E-state index in [1.807, 2.05) is 41.2 Å². The summed E-state index contributed by atoms with van der Waals surface area (Å²) in [5.74, 6) is 0. The number of nitrogens with zero attached hydrogens (tertiary/aromatic N) is 2. The van der Waals surface area contributed by atoms with E-state index in [1.54, 1.807) is 0 Å². The van der Waals surface area contributed by atoms with Crippen LogP contribution in [0, 0.1) is 0 Å². The van der Waals surface area contributed by atoms with Gasteiger partial charge in [-0.25, -0.2) is 0 Å². The Hall–Kier alpha value is -2.64. The van der Waals surface area contributed by atoms with Gasteiger partial charge in [0.25, 0.3) is 6.20 Å². The van der Waals surface area contributed by atoms with Crippen molar-refractivity contribution in [3.05, 3.63) is 54.9 Å². The average Bonchev–Trinajstić information content (AvgIpc) is 3.11. The van der Waals surface area contributed by atoms with Crippen LogP contribution in [0.1, 0.15) is 13.8 Å². The van der Waals surface area contributed by atoms with Gasteiger partial charge >= 0.3 is 6.01 Å². The third kappa shape index (κ3) is 1.91. The Morgan fingerprint density at radius 2 is 1.76 bits per heavy atom. The molecule has 1 aliphatic heterocycles. The molecule has 0 N–H and O–H groups in total. The highest BCUT2D eigenvalue weighted by Gasteiger charge is 2.22. The van der Waals surface area contributed by atoms with Gasteiger partial charge < -0.3 is 4.42 Å². The molecular weight excluding hydrogens is 260 g/mol. The first-order valence-corrected chi connectivity index (χ1v) is 7.16. The Bertz CT molecular complexity index is 954. The molecule has 4 rings (SSSR count). The van der Waals surface area contributed by atoms with Gasteiger partial charge in [-0.2, -0.15) is 0 Å². The van der Waals surface area contributed by atoms with Crippen molar-refractivity contribution >= 4 is 33.6 Å². The second-order valence-electron chi connectivity index (χ2n) is 5.55. The van der Waals surface area contributed by atoms with Gasteiger partial charge in [-0.05, 0) is 26.0 Å². The van der Waals surface area contributed by atoms with Crippen LogP contribution >= 0.6 is 0 Å². The lowest BCUT2D eigenvalue weighted by atomic mass is 10.1. The molecule has 0 amide bonds. The Balaban J connectivity index is 1.94. The maximum absolute atomic E-state index is 5.86. The number of hydrogen-bond donors (Lipinski definition) is 0. The zero-order valence-corrected chi connectivity index (χ0v) is 12.1. The van der Waals surface area contributed by atoms with Crippen molar-refractivity contribution in [3.8, 4) is 0 Å². The third-order valence-electron chi connectivity index (χ3n) is 3.79. The van der Waals surface area contributed by atoms with Crippen molar-refractivity contribution in [2.45, 2.75) is 19.9 Å². The van der Waals surface area contributed by atoms with E-state index >= 15 is 0 Å². The maximum Gasteiger partial charge on any atom is 0.495 e. The number of rotatable bonds is 2. The molecule has 0 fully saturated rings. The molecule has 0 atom stereocenters. The minimum atomic E-state index is 0.407. The predicted octanol–water partition coefficient (Wildman–Crippen LogP) is 4.31. The van der Waals surface area contributed by atoms with Crippen LogP contribution in [0.5, 0.6) is 0 Å². The quantitative estimate of drug-likeness (QED) is 0.638. The summed E-state index contributed by atoms with van der Waals surface area (Å²) < 4.78 is 9.94. The molecule has 0 unspecified atom stereocenters. The summed E-state index contributed by atoms with van der Waals surface area (Å²) in [6.45, 7) is 4.29. The summed E-state index contributed by atoms with van der Waals surface area (Å²) in [6, 6.07) is 18.1. The Morgan fingerprint density at radius 1 is 0.952 bits per heavy atom. The van der Waals surface area contributed by atoms with Crippen molar-refractivity contribution in [3.63, 3.8) is 0 Å². The smallest absolute Gasteiger partial charge is 0.456 e. The van der Waals surface area contributed by atoms with Crippen LogP contribution in [-0.4, -0.2) is 21.2 Å². The van der Waals surface area contributed by atoms with Crippen LogP contribution in [0.4, 0.5) is 5.69 Å². The molecule has 0 radical (unpaired) electrons. The average molecular weight is 276 g/mol. The van der Waals surface area contributed by atoms with Crippen molar-refractivity contribution in [1.29, 1.82) is 0 Å². The summed E-state index contributed by atoms with van der Waals surface area (Å²) in [6.07, 6.45) is 4.08. The fraction of sp³-hybridized carbons (Fsp3) is 0.167. The third-order valence-corrected chi connectivity index (χ3v) is 3.79. The van der Waals surface area contributed by atoms with Crippen LogP contribution in [0.2, 0.25) is 0 Å². The molecule has 0 spiro atoms. The highest BCUT2D eigenvalue weighted by atomic mass is 16.3. The molecule has 2 aromatic carbocycles. The van der Waals surface area contributed by atoms with Gasteiger partial charge in [0, 0.05) is 22.9 Å². The SMILES string of the molecule is CC(C)[N+]1=C=[N+](c2ccc3oc4ccccc4c3c2)C=C1. The molecule has 0 bridgehead atoms. The zero-order valence-electron chi connectivity index (χ0n) is 12.1. The number of furan rings is 1. The van der Waals surface area contributed by atoms with Crippen LogP contribution in [0.15, 0.2) is 59.3 Å². The molecule has 1 aliphatic rings. The Labute approximate surface area is 122 Å². The van der Waals surface area contributed by atoms with Gasteiger partial charge in [-0.15, -0.1) is 0 Å². The molecule has 0 aliphatic carbocycles. The summed E-state index contributed by atoms with van der Waals surface area (Å²) in [4.78, 5) is 0. The largest absolute Gasteiger partial charge is 0.495 e. The van der Waals surface area contributed by atoms with E-state index in [1.165, 1.54) is 0 Å². The Morgan fingerprint density at radius 3 is 2.57 bits per heavy atom. The fourth-order valence-electron chi connectivity index (χ4n) is 2.62. The van der Waals surface area contributed by atoms with Crippen LogP contribution in [0.3, 0.4) is 0 Å². The van der Waals surface area contributed by atoms with E-state index in [0.29, 0.717) is 6.04 Å². The number of fused-ring (bicyclic) bond motifs is 3. The molecule has 3 heteroatoms. The standard InChI is InChI=1S/C18H16N2O/c1-13(2)19-9-10-20(12-19)14-7-8-18-16(11-14)15-5-3-4-6-17(15)21-18/h3-11,13H,1-2H3/q+2. The van der Waals surface area contributed by atoms with E-state index < -0.39 is 0 Å². The lowest BCUT2D eigenvalue weighted by Gasteiger charge is -1.90. The van der Waals surface area contributed by atoms with Crippen molar-refractivity contribution < 1.29 is 13.6 Å². The molecule has 3 nitrogen and oxygen atoms in total. The first kappa shape index (κ1) is 12.1. The van der Waals surface area contributed by atoms with E-state index in [-0.39, 0.29) is 0 Å². The van der Waals surface area contributed by atoms with Crippen molar-refractivity contribution in [1.82, 2.24) is 0 Å². The number of benzene rings is 2. The first-order valence-electron chi connectivity index (χ1n) is 7.16. The van der Waals surface area contributed by atoms with E-state index in [4.69, 9.17) is 4.42 Å². The highest BCUT2D eigenvalue weighted by Crippen LogP contribution is 2.31.